The Hall–Kier alpha value is -3.02. The quantitative estimate of drug-likeness (QED) is 0.590. The van der Waals surface area contributed by atoms with Crippen molar-refractivity contribution in [1.29, 1.82) is 0 Å². The molecular weight excluding hydrogens is 320 g/mol. The average molecular weight is 342 g/mol. The molecule has 0 aliphatic carbocycles. The fraction of sp³-hybridized carbons (Fsp3) is 0.263. The number of carbonyl (C=O) groups excluding carboxylic acids is 1. The molecule has 6 nitrogen and oxygen atoms in total. The Morgan fingerprint density at radius 1 is 1.04 bits per heavy atom. The number of hydrazone groups is 1. The van der Waals surface area contributed by atoms with Crippen LogP contribution in [0.4, 0.5) is 0 Å². The van der Waals surface area contributed by atoms with Crippen molar-refractivity contribution in [2.75, 3.05) is 20.8 Å². The number of benzene rings is 2. The van der Waals surface area contributed by atoms with Crippen LogP contribution in [-0.4, -0.2) is 32.9 Å². The first-order valence-electron chi connectivity index (χ1n) is 7.95. The Morgan fingerprint density at radius 2 is 1.68 bits per heavy atom. The van der Waals surface area contributed by atoms with Crippen molar-refractivity contribution in [3.63, 3.8) is 0 Å². The number of rotatable bonds is 8. The van der Waals surface area contributed by atoms with Crippen LogP contribution < -0.4 is 19.6 Å². The van der Waals surface area contributed by atoms with Crippen molar-refractivity contribution in [3.8, 4) is 17.2 Å². The van der Waals surface area contributed by atoms with E-state index in [1.54, 1.807) is 24.4 Å². The molecule has 2 rings (SSSR count). The van der Waals surface area contributed by atoms with Crippen molar-refractivity contribution in [1.82, 2.24) is 5.43 Å². The zero-order valence-electron chi connectivity index (χ0n) is 14.6. The van der Waals surface area contributed by atoms with E-state index in [-0.39, 0.29) is 5.91 Å². The highest BCUT2D eigenvalue weighted by molar-refractivity contribution is 5.95. The molecule has 0 radical (unpaired) electrons. The minimum atomic E-state index is -0.351. The third kappa shape index (κ3) is 5.53. The molecule has 0 saturated carbocycles. The third-order valence-corrected chi connectivity index (χ3v) is 3.35. The van der Waals surface area contributed by atoms with Gasteiger partial charge in [0.15, 0.2) is 0 Å². The van der Waals surface area contributed by atoms with Crippen molar-refractivity contribution < 1.29 is 19.0 Å². The Morgan fingerprint density at radius 3 is 2.24 bits per heavy atom. The fourth-order valence-electron chi connectivity index (χ4n) is 2.04. The van der Waals surface area contributed by atoms with E-state index in [1.165, 1.54) is 14.2 Å². The summed E-state index contributed by atoms with van der Waals surface area (Å²) in [4.78, 5) is 12.2. The predicted octanol–water partition coefficient (Wildman–Crippen LogP) is 3.26. The van der Waals surface area contributed by atoms with Crippen LogP contribution in [0.25, 0.3) is 0 Å². The zero-order valence-corrected chi connectivity index (χ0v) is 14.6. The largest absolute Gasteiger partial charge is 0.497 e. The number of nitrogens with zero attached hydrogens (tertiary/aromatic N) is 1. The van der Waals surface area contributed by atoms with Gasteiger partial charge in [0.1, 0.15) is 17.2 Å². The SMILES string of the molecule is CCCOc1ccc(C=NNC(=O)c2cc(OC)cc(OC)c2)cc1. The first-order chi connectivity index (χ1) is 12.2. The first kappa shape index (κ1) is 18.3. The first-order valence-corrected chi connectivity index (χ1v) is 7.95. The standard InChI is InChI=1S/C19H22N2O4/c1-4-9-25-16-7-5-14(6-8-16)13-20-21-19(22)15-10-17(23-2)12-18(11-15)24-3/h5-8,10-13H,4,9H2,1-3H3,(H,21,22). The summed E-state index contributed by atoms with van der Waals surface area (Å²) in [6.07, 6.45) is 2.53. The summed E-state index contributed by atoms with van der Waals surface area (Å²) in [6.45, 7) is 2.75. The molecule has 132 valence electrons. The molecule has 0 aliphatic rings. The molecule has 0 atom stereocenters. The van der Waals surface area contributed by atoms with Gasteiger partial charge in [-0.3, -0.25) is 4.79 Å². The van der Waals surface area contributed by atoms with Gasteiger partial charge in [0.05, 0.1) is 27.0 Å². The molecule has 0 spiro atoms. The Labute approximate surface area is 147 Å². The number of ether oxygens (including phenoxy) is 3. The van der Waals surface area contributed by atoms with E-state index in [1.807, 2.05) is 24.3 Å². The van der Waals surface area contributed by atoms with Gasteiger partial charge in [0.2, 0.25) is 0 Å². The monoisotopic (exact) mass is 342 g/mol. The highest BCUT2D eigenvalue weighted by Gasteiger charge is 2.09. The lowest BCUT2D eigenvalue weighted by molar-refractivity contribution is 0.0954. The summed E-state index contributed by atoms with van der Waals surface area (Å²) in [6, 6.07) is 12.4. The Bertz CT molecular complexity index is 704. The number of hydrogen-bond acceptors (Lipinski definition) is 5. The number of methoxy groups -OCH3 is 2. The molecule has 1 N–H and O–H groups in total. The molecule has 0 aromatic heterocycles. The van der Waals surface area contributed by atoms with Gasteiger partial charge in [-0.25, -0.2) is 5.43 Å². The molecule has 6 heteroatoms. The second-order valence-electron chi connectivity index (χ2n) is 5.22. The predicted molar refractivity (Wildman–Crippen MR) is 96.8 cm³/mol. The lowest BCUT2D eigenvalue weighted by atomic mass is 10.2. The maximum Gasteiger partial charge on any atom is 0.271 e. The van der Waals surface area contributed by atoms with E-state index in [2.05, 4.69) is 17.5 Å². The van der Waals surface area contributed by atoms with E-state index in [0.717, 1.165) is 17.7 Å². The Kier molecular flexibility index (Phi) is 6.83. The fourth-order valence-corrected chi connectivity index (χ4v) is 2.04. The minimum Gasteiger partial charge on any atom is -0.497 e. The topological polar surface area (TPSA) is 69.2 Å². The molecule has 25 heavy (non-hydrogen) atoms. The lowest BCUT2D eigenvalue weighted by Crippen LogP contribution is -2.17. The molecule has 2 aromatic rings. The maximum absolute atomic E-state index is 12.2. The van der Waals surface area contributed by atoms with Gasteiger partial charge in [0, 0.05) is 11.6 Å². The molecule has 0 heterocycles. The van der Waals surface area contributed by atoms with Gasteiger partial charge in [-0.05, 0) is 48.4 Å². The van der Waals surface area contributed by atoms with Crippen LogP contribution in [0.3, 0.4) is 0 Å². The maximum atomic E-state index is 12.2. The summed E-state index contributed by atoms with van der Waals surface area (Å²) < 4.78 is 15.8. The Balaban J connectivity index is 1.98. The van der Waals surface area contributed by atoms with Crippen molar-refractivity contribution in [2.24, 2.45) is 5.10 Å². The summed E-state index contributed by atoms with van der Waals surface area (Å²) in [7, 11) is 3.06. The molecule has 1 amide bonds. The van der Waals surface area contributed by atoms with Gasteiger partial charge in [-0.2, -0.15) is 5.10 Å². The minimum absolute atomic E-state index is 0.351. The number of nitrogens with one attached hydrogen (secondary N) is 1. The van der Waals surface area contributed by atoms with Crippen molar-refractivity contribution in [2.45, 2.75) is 13.3 Å². The second-order valence-corrected chi connectivity index (χ2v) is 5.22. The van der Waals surface area contributed by atoms with Crippen LogP contribution in [0.15, 0.2) is 47.6 Å². The smallest absolute Gasteiger partial charge is 0.271 e. The van der Waals surface area contributed by atoms with E-state index >= 15 is 0 Å². The molecular formula is C19H22N2O4. The van der Waals surface area contributed by atoms with E-state index in [4.69, 9.17) is 14.2 Å². The van der Waals surface area contributed by atoms with E-state index in [0.29, 0.717) is 23.7 Å². The third-order valence-electron chi connectivity index (χ3n) is 3.35. The number of amides is 1. The number of carbonyl (C=O) groups is 1. The van der Waals surface area contributed by atoms with E-state index < -0.39 is 0 Å². The van der Waals surface area contributed by atoms with Gasteiger partial charge < -0.3 is 14.2 Å². The normalized spacial score (nSPS) is 10.5. The molecule has 0 bridgehead atoms. The second kappa shape index (κ2) is 9.32. The summed E-state index contributed by atoms with van der Waals surface area (Å²) in [5.41, 5.74) is 3.74. The molecule has 0 unspecified atom stereocenters. The summed E-state index contributed by atoms with van der Waals surface area (Å²) in [5, 5.41) is 3.97. The van der Waals surface area contributed by atoms with Crippen LogP contribution in [0.5, 0.6) is 17.2 Å². The summed E-state index contributed by atoms with van der Waals surface area (Å²) >= 11 is 0. The molecule has 0 fully saturated rings. The van der Waals surface area contributed by atoms with Crippen molar-refractivity contribution in [3.05, 3.63) is 53.6 Å². The van der Waals surface area contributed by atoms with Crippen LogP contribution in [0, 0.1) is 0 Å². The van der Waals surface area contributed by atoms with Crippen LogP contribution >= 0.6 is 0 Å². The lowest BCUT2D eigenvalue weighted by Gasteiger charge is -2.07. The highest BCUT2D eigenvalue weighted by Crippen LogP contribution is 2.22. The average Bonchev–Trinajstić information content (AvgIpc) is 2.66. The van der Waals surface area contributed by atoms with Gasteiger partial charge in [-0.1, -0.05) is 6.92 Å². The van der Waals surface area contributed by atoms with Crippen molar-refractivity contribution >= 4 is 12.1 Å². The van der Waals surface area contributed by atoms with Crippen LogP contribution in [-0.2, 0) is 0 Å². The van der Waals surface area contributed by atoms with Gasteiger partial charge in [-0.15, -0.1) is 0 Å². The number of hydrogen-bond donors (Lipinski definition) is 1. The molecule has 0 saturated heterocycles. The molecule has 0 aliphatic heterocycles. The highest BCUT2D eigenvalue weighted by atomic mass is 16.5. The van der Waals surface area contributed by atoms with Gasteiger partial charge >= 0.3 is 0 Å². The molecule has 2 aromatic carbocycles. The van der Waals surface area contributed by atoms with Crippen LogP contribution in [0.2, 0.25) is 0 Å². The zero-order chi connectivity index (χ0) is 18.1. The van der Waals surface area contributed by atoms with E-state index in [9.17, 15) is 4.79 Å². The van der Waals surface area contributed by atoms with Crippen LogP contribution in [0.1, 0.15) is 29.3 Å². The van der Waals surface area contributed by atoms with Gasteiger partial charge in [0.25, 0.3) is 5.91 Å². The summed E-state index contributed by atoms with van der Waals surface area (Å²) in [5.74, 6) is 1.54.